The molecule has 5 nitrogen and oxygen atoms in total. The van der Waals surface area contributed by atoms with E-state index in [4.69, 9.17) is 5.73 Å². The van der Waals surface area contributed by atoms with Gasteiger partial charge in [-0.3, -0.25) is 0 Å². The Bertz CT molecular complexity index is 563. The van der Waals surface area contributed by atoms with Gasteiger partial charge in [-0.25, -0.2) is 12.8 Å². The molecule has 108 valence electrons. The fourth-order valence-electron chi connectivity index (χ4n) is 1.37. The zero-order valence-corrected chi connectivity index (χ0v) is 13.4. The van der Waals surface area contributed by atoms with E-state index in [9.17, 15) is 12.8 Å². The van der Waals surface area contributed by atoms with Crippen LogP contribution < -0.4 is 5.73 Å². The number of hydrogen-bond acceptors (Lipinski definition) is 4. The molecule has 1 aromatic rings. The first-order valence-corrected chi connectivity index (χ1v) is 7.75. The Hall–Kier alpha value is -0.700. The van der Waals surface area contributed by atoms with Crippen molar-refractivity contribution in [1.82, 2.24) is 9.21 Å². The number of likely N-dealkylation sites (N-methyl/N-ethyl adjacent to an activating group) is 2. The van der Waals surface area contributed by atoms with Gasteiger partial charge in [-0.15, -0.1) is 0 Å². The first-order valence-electron chi connectivity index (χ1n) is 5.52. The average Bonchev–Trinajstić information content (AvgIpc) is 2.30. The van der Waals surface area contributed by atoms with Gasteiger partial charge in [0.25, 0.3) is 0 Å². The van der Waals surface area contributed by atoms with Crippen LogP contribution in [0.25, 0.3) is 0 Å². The van der Waals surface area contributed by atoms with E-state index < -0.39 is 15.8 Å². The van der Waals surface area contributed by atoms with Crippen molar-refractivity contribution in [3.63, 3.8) is 0 Å². The van der Waals surface area contributed by atoms with Gasteiger partial charge >= 0.3 is 0 Å². The number of nitrogens with zero attached hydrogens (tertiary/aromatic N) is 2. The van der Waals surface area contributed by atoms with E-state index in [1.165, 1.54) is 11.4 Å². The van der Waals surface area contributed by atoms with E-state index >= 15 is 0 Å². The molecule has 0 bridgehead atoms. The Morgan fingerprint density at radius 3 is 2.37 bits per heavy atom. The highest BCUT2D eigenvalue weighted by Crippen LogP contribution is 2.28. The number of nitrogen functional groups attached to an aromatic ring is 1. The number of rotatable bonds is 5. The standard InChI is InChI=1S/C11H17BrFN3O2S/c1-15(2)4-5-16(3)19(17,18)11-7-10(14)9(13)6-8(11)12/h6-7H,4-5,14H2,1-3H3. The van der Waals surface area contributed by atoms with Crippen LogP contribution in [0.15, 0.2) is 21.5 Å². The predicted molar refractivity (Wildman–Crippen MR) is 76.9 cm³/mol. The zero-order valence-electron chi connectivity index (χ0n) is 11.0. The highest BCUT2D eigenvalue weighted by molar-refractivity contribution is 9.10. The fourth-order valence-corrected chi connectivity index (χ4v) is 3.54. The van der Waals surface area contributed by atoms with Crippen LogP contribution in [0, 0.1) is 5.82 Å². The minimum Gasteiger partial charge on any atom is -0.396 e. The van der Waals surface area contributed by atoms with Crippen LogP contribution in [0.5, 0.6) is 0 Å². The van der Waals surface area contributed by atoms with Gasteiger partial charge in [-0.1, -0.05) is 0 Å². The molecule has 0 amide bonds. The van der Waals surface area contributed by atoms with Crippen LogP contribution in [0.3, 0.4) is 0 Å². The summed E-state index contributed by atoms with van der Waals surface area (Å²) >= 11 is 3.05. The van der Waals surface area contributed by atoms with Crippen LogP contribution in [0.4, 0.5) is 10.1 Å². The van der Waals surface area contributed by atoms with E-state index in [1.54, 1.807) is 0 Å². The Morgan fingerprint density at radius 2 is 1.84 bits per heavy atom. The number of halogens is 2. The van der Waals surface area contributed by atoms with Gasteiger partial charge in [-0.05, 0) is 42.2 Å². The van der Waals surface area contributed by atoms with Crippen molar-refractivity contribution in [2.45, 2.75) is 4.90 Å². The molecule has 0 fully saturated rings. The summed E-state index contributed by atoms with van der Waals surface area (Å²) in [4.78, 5) is 1.84. The maximum atomic E-state index is 13.2. The van der Waals surface area contributed by atoms with Crippen LogP contribution in [0.2, 0.25) is 0 Å². The van der Waals surface area contributed by atoms with Crippen molar-refractivity contribution in [1.29, 1.82) is 0 Å². The molecule has 1 aromatic carbocycles. The molecule has 0 spiro atoms. The summed E-state index contributed by atoms with van der Waals surface area (Å²) in [5.74, 6) is -0.651. The lowest BCUT2D eigenvalue weighted by Gasteiger charge is -2.20. The van der Waals surface area contributed by atoms with Gasteiger partial charge < -0.3 is 10.6 Å². The molecule has 0 aliphatic rings. The minimum absolute atomic E-state index is 0.0346. The Balaban J connectivity index is 3.10. The van der Waals surface area contributed by atoms with E-state index in [-0.39, 0.29) is 15.1 Å². The Morgan fingerprint density at radius 1 is 1.26 bits per heavy atom. The second-order valence-corrected chi connectivity index (χ2v) is 7.30. The number of hydrogen-bond donors (Lipinski definition) is 1. The SMILES string of the molecule is CN(C)CCN(C)S(=O)(=O)c1cc(N)c(F)cc1Br. The smallest absolute Gasteiger partial charge is 0.244 e. The molecule has 2 N–H and O–H groups in total. The summed E-state index contributed by atoms with van der Waals surface area (Å²) in [6, 6.07) is 2.18. The highest BCUT2D eigenvalue weighted by atomic mass is 79.9. The largest absolute Gasteiger partial charge is 0.396 e. The molecule has 0 aromatic heterocycles. The average molecular weight is 354 g/mol. The predicted octanol–water partition coefficient (Wildman–Crippen LogP) is 1.35. The summed E-state index contributed by atoms with van der Waals surface area (Å²) in [7, 11) is 1.49. The third kappa shape index (κ3) is 3.88. The Kier molecular flexibility index (Phi) is 5.31. The zero-order chi connectivity index (χ0) is 14.8. The molecule has 0 aliphatic carbocycles. The number of sulfonamides is 1. The minimum atomic E-state index is -3.69. The molecule has 0 aliphatic heterocycles. The van der Waals surface area contributed by atoms with Crippen molar-refractivity contribution >= 4 is 31.6 Å². The van der Waals surface area contributed by atoms with Crippen LogP contribution in [-0.2, 0) is 10.0 Å². The van der Waals surface area contributed by atoms with Crippen molar-refractivity contribution in [2.75, 3.05) is 40.0 Å². The van der Waals surface area contributed by atoms with Gasteiger partial charge in [0, 0.05) is 24.6 Å². The molecule has 19 heavy (non-hydrogen) atoms. The lowest BCUT2D eigenvalue weighted by molar-refractivity contribution is 0.358. The van der Waals surface area contributed by atoms with Crippen molar-refractivity contribution in [3.8, 4) is 0 Å². The molecule has 8 heteroatoms. The summed E-state index contributed by atoms with van der Waals surface area (Å²) in [5.41, 5.74) is 5.23. The molecule has 1 rings (SSSR count). The van der Waals surface area contributed by atoms with Gasteiger partial charge in [-0.2, -0.15) is 4.31 Å². The lowest BCUT2D eigenvalue weighted by Crippen LogP contribution is -2.33. The molecule has 0 saturated heterocycles. The van der Waals surface area contributed by atoms with Gasteiger partial charge in [0.05, 0.1) is 10.6 Å². The monoisotopic (exact) mass is 353 g/mol. The maximum absolute atomic E-state index is 13.2. The molecule has 0 heterocycles. The van der Waals surface area contributed by atoms with E-state index in [0.717, 1.165) is 12.1 Å². The molecule has 0 saturated carbocycles. The third-order valence-corrected chi connectivity index (χ3v) is 5.42. The van der Waals surface area contributed by atoms with Crippen molar-refractivity contribution in [3.05, 3.63) is 22.4 Å². The van der Waals surface area contributed by atoms with Crippen LogP contribution in [-0.4, -0.2) is 51.9 Å². The van der Waals surface area contributed by atoms with Crippen LogP contribution >= 0.6 is 15.9 Å². The highest BCUT2D eigenvalue weighted by Gasteiger charge is 2.24. The lowest BCUT2D eigenvalue weighted by atomic mass is 10.3. The van der Waals surface area contributed by atoms with Crippen molar-refractivity contribution in [2.24, 2.45) is 0 Å². The molecular formula is C11H17BrFN3O2S. The van der Waals surface area contributed by atoms with Gasteiger partial charge in [0.1, 0.15) is 5.82 Å². The summed E-state index contributed by atoms with van der Waals surface area (Å²) in [5, 5.41) is 0. The molecule has 0 atom stereocenters. The second kappa shape index (κ2) is 6.17. The second-order valence-electron chi connectivity index (χ2n) is 4.43. The third-order valence-electron chi connectivity index (χ3n) is 2.60. The maximum Gasteiger partial charge on any atom is 0.244 e. The molecule has 0 radical (unpaired) electrons. The van der Waals surface area contributed by atoms with E-state index in [0.29, 0.717) is 13.1 Å². The normalized spacial score (nSPS) is 12.4. The topological polar surface area (TPSA) is 66.6 Å². The molecule has 0 unspecified atom stereocenters. The quantitative estimate of drug-likeness (QED) is 0.811. The number of nitrogens with two attached hydrogens (primary N) is 1. The number of anilines is 1. The van der Waals surface area contributed by atoms with Crippen molar-refractivity contribution < 1.29 is 12.8 Å². The van der Waals surface area contributed by atoms with Gasteiger partial charge in [0.15, 0.2) is 0 Å². The van der Waals surface area contributed by atoms with Gasteiger partial charge in [0.2, 0.25) is 10.0 Å². The summed E-state index contributed by atoms with van der Waals surface area (Å²) in [6.07, 6.45) is 0. The summed E-state index contributed by atoms with van der Waals surface area (Å²) in [6.45, 7) is 0.920. The first kappa shape index (κ1) is 16.4. The Labute approximate surface area is 121 Å². The van der Waals surface area contributed by atoms with E-state index in [1.807, 2.05) is 19.0 Å². The summed E-state index contributed by atoms with van der Waals surface area (Å²) < 4.78 is 39.3. The van der Waals surface area contributed by atoms with E-state index in [2.05, 4.69) is 15.9 Å². The van der Waals surface area contributed by atoms with Crippen LogP contribution in [0.1, 0.15) is 0 Å². The number of benzene rings is 1. The molecular weight excluding hydrogens is 337 g/mol. The fraction of sp³-hybridized carbons (Fsp3) is 0.455. The first-order chi connectivity index (χ1) is 8.66.